The topological polar surface area (TPSA) is 106 Å². The Bertz CT molecular complexity index is 741. The van der Waals surface area contributed by atoms with E-state index in [1.165, 1.54) is 25.3 Å². The summed E-state index contributed by atoms with van der Waals surface area (Å²) in [6, 6.07) is 4.43. The van der Waals surface area contributed by atoms with Crippen LogP contribution in [0.5, 0.6) is 5.75 Å². The molecule has 2 rings (SSSR count). The fourth-order valence-electron chi connectivity index (χ4n) is 1.63. The number of pyridine rings is 1. The molecule has 0 fully saturated rings. The lowest BCUT2D eigenvalue weighted by Crippen LogP contribution is -2.10. The molecule has 6 nitrogen and oxygen atoms in total. The van der Waals surface area contributed by atoms with E-state index >= 15 is 0 Å². The van der Waals surface area contributed by atoms with Crippen molar-refractivity contribution in [3.63, 3.8) is 0 Å². The van der Waals surface area contributed by atoms with Crippen molar-refractivity contribution in [3.05, 3.63) is 34.1 Å². The molecule has 2 aromatic rings. The first-order valence-electron chi connectivity index (χ1n) is 5.09. The third-order valence-corrected chi connectivity index (χ3v) is 2.43. The van der Waals surface area contributed by atoms with Crippen LogP contribution in [0.1, 0.15) is 12.5 Å². The Morgan fingerprint density at radius 3 is 2.83 bits per heavy atom. The minimum absolute atomic E-state index is 0.0260. The van der Waals surface area contributed by atoms with Gasteiger partial charge in [0.25, 0.3) is 0 Å². The summed E-state index contributed by atoms with van der Waals surface area (Å²) in [7, 11) is 0. The van der Waals surface area contributed by atoms with Crippen LogP contribution in [0.3, 0.4) is 0 Å². The van der Waals surface area contributed by atoms with Crippen LogP contribution in [0.15, 0.2) is 23.1 Å². The van der Waals surface area contributed by atoms with Gasteiger partial charge in [-0.25, -0.2) is 0 Å². The Labute approximate surface area is 101 Å². The van der Waals surface area contributed by atoms with Gasteiger partial charge in [-0.3, -0.25) is 9.59 Å². The van der Waals surface area contributed by atoms with E-state index < -0.39 is 5.43 Å². The molecule has 0 radical (unpaired) electrons. The van der Waals surface area contributed by atoms with Gasteiger partial charge in [-0.1, -0.05) is 0 Å². The molecule has 1 aromatic heterocycles. The molecule has 0 spiro atoms. The number of fused-ring (bicyclic) bond motifs is 1. The van der Waals surface area contributed by atoms with Crippen LogP contribution in [0.4, 0.5) is 5.69 Å². The number of nitrogens with zero attached hydrogens (tertiary/aromatic N) is 1. The number of nitriles is 1. The highest BCUT2D eigenvalue weighted by Crippen LogP contribution is 2.26. The second-order valence-electron chi connectivity index (χ2n) is 3.74. The van der Waals surface area contributed by atoms with Crippen LogP contribution in [0.2, 0.25) is 0 Å². The molecule has 0 saturated heterocycles. The number of nitrogens with one attached hydrogen (secondary N) is 2. The predicted octanol–water partition coefficient (Wildman–Crippen LogP) is 1.06. The average Bonchev–Trinajstić information content (AvgIpc) is 2.31. The van der Waals surface area contributed by atoms with Gasteiger partial charge in [0.2, 0.25) is 11.3 Å². The molecule has 6 heteroatoms. The Morgan fingerprint density at radius 1 is 1.50 bits per heavy atom. The largest absolute Gasteiger partial charge is 0.506 e. The first-order valence-corrected chi connectivity index (χ1v) is 5.09. The number of amides is 1. The highest BCUT2D eigenvalue weighted by Gasteiger charge is 2.10. The molecular weight excluding hydrogens is 234 g/mol. The average molecular weight is 243 g/mol. The molecule has 0 saturated carbocycles. The molecule has 3 N–H and O–H groups in total. The van der Waals surface area contributed by atoms with Crippen LogP contribution >= 0.6 is 0 Å². The number of carbonyl (C=O) groups is 1. The lowest BCUT2D eigenvalue weighted by Gasteiger charge is -2.07. The number of carbonyl (C=O) groups excluding carboxylic acids is 1. The number of benzene rings is 1. The molecule has 90 valence electrons. The van der Waals surface area contributed by atoms with Gasteiger partial charge in [0.15, 0.2) is 0 Å². The number of hydrogen-bond acceptors (Lipinski definition) is 4. The molecule has 18 heavy (non-hydrogen) atoms. The summed E-state index contributed by atoms with van der Waals surface area (Å²) in [6.45, 7) is 1.29. The third-order valence-electron chi connectivity index (χ3n) is 2.43. The van der Waals surface area contributed by atoms with Crippen molar-refractivity contribution in [1.29, 1.82) is 5.26 Å². The third kappa shape index (κ3) is 1.89. The lowest BCUT2D eigenvalue weighted by atomic mass is 10.1. The summed E-state index contributed by atoms with van der Waals surface area (Å²) in [4.78, 5) is 25.6. The number of H-pyrrole nitrogens is 1. The first-order chi connectivity index (χ1) is 8.52. The van der Waals surface area contributed by atoms with Crippen molar-refractivity contribution in [1.82, 2.24) is 4.98 Å². The van der Waals surface area contributed by atoms with Gasteiger partial charge in [-0.05, 0) is 6.07 Å². The highest BCUT2D eigenvalue weighted by atomic mass is 16.3. The molecular formula is C12H9N3O3. The number of hydrogen-bond donors (Lipinski definition) is 3. The highest BCUT2D eigenvalue weighted by molar-refractivity contribution is 5.94. The van der Waals surface area contributed by atoms with E-state index in [4.69, 9.17) is 5.26 Å². The van der Waals surface area contributed by atoms with Crippen molar-refractivity contribution in [2.75, 3.05) is 5.32 Å². The normalized spacial score (nSPS) is 10.0. The Balaban J connectivity index is 2.75. The maximum Gasteiger partial charge on any atom is 0.221 e. The zero-order chi connectivity index (χ0) is 13.3. The van der Waals surface area contributed by atoms with Crippen LogP contribution in [0.25, 0.3) is 10.9 Å². The van der Waals surface area contributed by atoms with Gasteiger partial charge < -0.3 is 15.4 Å². The smallest absolute Gasteiger partial charge is 0.221 e. The van der Waals surface area contributed by atoms with E-state index in [2.05, 4.69) is 10.3 Å². The van der Waals surface area contributed by atoms with Crippen LogP contribution in [0, 0.1) is 11.3 Å². The van der Waals surface area contributed by atoms with Crippen LogP contribution in [-0.4, -0.2) is 16.0 Å². The summed E-state index contributed by atoms with van der Waals surface area (Å²) in [5, 5.41) is 21.1. The standard InChI is InChI=1S/C12H9N3O3/c1-6(16)15-10-2-8-9(3-11(10)17)14-5-7(4-13)12(8)18/h2-3,5,17H,1H3,(H,14,18)(H,15,16). The summed E-state index contributed by atoms with van der Waals surface area (Å²) in [5.41, 5.74) is 0.0565. The maximum absolute atomic E-state index is 11.9. The zero-order valence-corrected chi connectivity index (χ0v) is 9.44. The fourth-order valence-corrected chi connectivity index (χ4v) is 1.63. The second kappa shape index (κ2) is 4.22. The number of rotatable bonds is 1. The van der Waals surface area contributed by atoms with E-state index in [1.807, 2.05) is 0 Å². The van der Waals surface area contributed by atoms with E-state index in [9.17, 15) is 14.7 Å². The van der Waals surface area contributed by atoms with Gasteiger partial charge >= 0.3 is 0 Å². The molecule has 0 aliphatic heterocycles. The molecule has 0 atom stereocenters. The van der Waals surface area contributed by atoms with Gasteiger partial charge in [-0.2, -0.15) is 5.26 Å². The quantitative estimate of drug-likeness (QED) is 0.651. The SMILES string of the molecule is CC(=O)Nc1cc2c(=O)c(C#N)c[nH]c2cc1O. The summed E-state index contributed by atoms with van der Waals surface area (Å²) in [5.74, 6) is -0.518. The Kier molecular flexibility index (Phi) is 2.73. The maximum atomic E-state index is 11.9. The lowest BCUT2D eigenvalue weighted by molar-refractivity contribution is -0.114. The number of aromatic nitrogens is 1. The number of phenolic OH excluding ortho intramolecular Hbond substituents is 1. The minimum Gasteiger partial charge on any atom is -0.506 e. The molecule has 0 aliphatic carbocycles. The molecule has 0 aliphatic rings. The summed E-state index contributed by atoms with van der Waals surface area (Å²) < 4.78 is 0. The monoisotopic (exact) mass is 243 g/mol. The summed E-state index contributed by atoms with van der Waals surface area (Å²) >= 11 is 0. The zero-order valence-electron chi connectivity index (χ0n) is 9.44. The van der Waals surface area contributed by atoms with Crippen molar-refractivity contribution in [3.8, 4) is 11.8 Å². The van der Waals surface area contributed by atoms with E-state index in [-0.39, 0.29) is 28.3 Å². The number of aromatic hydroxyl groups is 1. The van der Waals surface area contributed by atoms with Crippen molar-refractivity contribution in [2.45, 2.75) is 6.92 Å². The fraction of sp³-hybridized carbons (Fsp3) is 0.0833. The molecule has 1 heterocycles. The van der Waals surface area contributed by atoms with E-state index in [1.54, 1.807) is 6.07 Å². The number of aromatic amines is 1. The van der Waals surface area contributed by atoms with E-state index in [0.717, 1.165) is 0 Å². The number of phenols is 1. The van der Waals surface area contributed by atoms with E-state index in [0.29, 0.717) is 5.52 Å². The molecule has 0 unspecified atom stereocenters. The van der Waals surface area contributed by atoms with Gasteiger partial charge in [0, 0.05) is 24.6 Å². The van der Waals surface area contributed by atoms with Gasteiger partial charge in [0.1, 0.15) is 17.4 Å². The minimum atomic E-state index is -0.446. The molecule has 1 amide bonds. The number of anilines is 1. The van der Waals surface area contributed by atoms with Crippen molar-refractivity contribution in [2.24, 2.45) is 0 Å². The molecule has 0 bridgehead atoms. The second-order valence-corrected chi connectivity index (χ2v) is 3.74. The van der Waals surface area contributed by atoms with Gasteiger partial charge in [-0.15, -0.1) is 0 Å². The van der Waals surface area contributed by atoms with Crippen molar-refractivity contribution >= 4 is 22.5 Å². The Hall–Kier alpha value is -2.81. The Morgan fingerprint density at radius 2 is 2.22 bits per heavy atom. The van der Waals surface area contributed by atoms with Gasteiger partial charge in [0.05, 0.1) is 11.2 Å². The summed E-state index contributed by atoms with van der Waals surface area (Å²) in [6.07, 6.45) is 1.28. The van der Waals surface area contributed by atoms with Crippen molar-refractivity contribution < 1.29 is 9.90 Å². The predicted molar refractivity (Wildman–Crippen MR) is 65.3 cm³/mol. The van der Waals surface area contributed by atoms with Crippen LogP contribution in [-0.2, 0) is 4.79 Å². The van der Waals surface area contributed by atoms with Crippen LogP contribution < -0.4 is 10.7 Å². The molecule has 1 aromatic carbocycles. The first kappa shape index (κ1) is 11.7.